The molecule has 2 rings (SSSR count). The van der Waals surface area contributed by atoms with Gasteiger partial charge in [0.25, 0.3) is 5.91 Å². The minimum absolute atomic E-state index is 0.0260. The van der Waals surface area contributed by atoms with Gasteiger partial charge in [0.15, 0.2) is 6.61 Å². The molecule has 0 saturated carbocycles. The number of thioether (sulfide) groups is 1. The molecule has 0 unspecified atom stereocenters. The maximum absolute atomic E-state index is 13.1. The molecule has 0 bridgehead atoms. The van der Waals surface area contributed by atoms with Gasteiger partial charge in [-0.05, 0) is 30.4 Å². The van der Waals surface area contributed by atoms with E-state index in [4.69, 9.17) is 9.47 Å². The number of amides is 1. The summed E-state index contributed by atoms with van der Waals surface area (Å²) in [5.41, 5.74) is -0.375. The molecule has 0 aromatic heterocycles. The summed E-state index contributed by atoms with van der Waals surface area (Å²) in [6.45, 7) is 3.32. The number of carbonyl (C=O) groups is 2. The van der Waals surface area contributed by atoms with Crippen LogP contribution in [0.25, 0.3) is 0 Å². The fourth-order valence-electron chi connectivity index (χ4n) is 2.57. The number of nitrogens with one attached hydrogen (secondary N) is 1. The predicted octanol–water partition coefficient (Wildman–Crippen LogP) is 3.17. The second-order valence-corrected chi connectivity index (χ2v) is 7.20. The van der Waals surface area contributed by atoms with E-state index in [0.29, 0.717) is 32.0 Å². The fraction of sp³-hybridized carbons (Fsp3) is 0.556. The number of hydrogen-bond acceptors (Lipinski definition) is 6. The first-order chi connectivity index (χ1) is 13.3. The zero-order chi connectivity index (χ0) is 20.6. The molecule has 0 radical (unpaired) electrons. The second kappa shape index (κ2) is 10.6. The van der Waals surface area contributed by atoms with Gasteiger partial charge >= 0.3 is 12.1 Å². The van der Waals surface area contributed by atoms with E-state index in [1.165, 1.54) is 17.8 Å². The summed E-state index contributed by atoms with van der Waals surface area (Å²) in [5.74, 6) is -0.299. The Kier molecular flexibility index (Phi) is 8.43. The zero-order valence-electron chi connectivity index (χ0n) is 15.5. The highest BCUT2D eigenvalue weighted by atomic mass is 32.2. The Hall–Kier alpha value is -1.94. The van der Waals surface area contributed by atoms with Crippen LogP contribution in [0.3, 0.4) is 0 Å². The number of esters is 1. The third-order valence-corrected chi connectivity index (χ3v) is 5.02. The summed E-state index contributed by atoms with van der Waals surface area (Å²) in [6.07, 6.45) is -3.62. The summed E-state index contributed by atoms with van der Waals surface area (Å²) >= 11 is 1.39. The van der Waals surface area contributed by atoms with E-state index in [-0.39, 0.29) is 11.4 Å². The SMILES string of the molecule is CCCSCC(=O)OCC(=O)Nc1cc(C(F)(F)F)ccc1N1CCOCC1. The molecular formula is C18H23F3N2O4S. The molecule has 1 amide bonds. The highest BCUT2D eigenvalue weighted by Crippen LogP contribution is 2.35. The molecule has 1 aliphatic rings. The van der Waals surface area contributed by atoms with Gasteiger partial charge in [-0.25, -0.2) is 0 Å². The van der Waals surface area contributed by atoms with Crippen molar-refractivity contribution in [3.63, 3.8) is 0 Å². The first kappa shape index (κ1) is 22.4. The molecule has 1 aromatic carbocycles. The van der Waals surface area contributed by atoms with Crippen molar-refractivity contribution in [3.8, 4) is 0 Å². The van der Waals surface area contributed by atoms with Gasteiger partial charge in [0, 0.05) is 13.1 Å². The van der Waals surface area contributed by atoms with Crippen LogP contribution in [0.5, 0.6) is 0 Å². The van der Waals surface area contributed by atoms with Crippen LogP contribution in [-0.2, 0) is 25.2 Å². The Morgan fingerprint density at radius 1 is 1.29 bits per heavy atom. The lowest BCUT2D eigenvalue weighted by atomic mass is 10.1. The number of benzene rings is 1. The van der Waals surface area contributed by atoms with E-state index in [9.17, 15) is 22.8 Å². The van der Waals surface area contributed by atoms with Gasteiger partial charge in [-0.2, -0.15) is 24.9 Å². The Labute approximate surface area is 165 Å². The van der Waals surface area contributed by atoms with Crippen LogP contribution in [-0.4, -0.2) is 56.3 Å². The zero-order valence-corrected chi connectivity index (χ0v) is 16.3. The number of alkyl halides is 3. The normalized spacial score (nSPS) is 14.6. The average molecular weight is 420 g/mol. The van der Waals surface area contributed by atoms with Crippen molar-refractivity contribution in [3.05, 3.63) is 23.8 Å². The number of carbonyl (C=O) groups excluding carboxylic acids is 2. The third-order valence-electron chi connectivity index (χ3n) is 3.88. The van der Waals surface area contributed by atoms with Crippen LogP contribution in [0.15, 0.2) is 18.2 Å². The lowest BCUT2D eigenvalue weighted by Gasteiger charge is -2.31. The highest BCUT2D eigenvalue weighted by molar-refractivity contribution is 7.99. The molecule has 1 fully saturated rings. The molecule has 6 nitrogen and oxygen atoms in total. The van der Waals surface area contributed by atoms with Crippen LogP contribution in [0.1, 0.15) is 18.9 Å². The maximum atomic E-state index is 13.1. The Bertz CT molecular complexity index is 679. The van der Waals surface area contributed by atoms with Gasteiger partial charge in [0.05, 0.1) is 35.9 Å². The van der Waals surface area contributed by atoms with Gasteiger partial charge in [0.1, 0.15) is 0 Å². The summed E-state index contributed by atoms with van der Waals surface area (Å²) in [7, 11) is 0. The van der Waals surface area contributed by atoms with Crippen molar-refractivity contribution in [2.75, 3.05) is 54.6 Å². The molecule has 10 heteroatoms. The van der Waals surface area contributed by atoms with Gasteiger partial charge < -0.3 is 19.7 Å². The van der Waals surface area contributed by atoms with Crippen LogP contribution < -0.4 is 10.2 Å². The van der Waals surface area contributed by atoms with Crippen molar-refractivity contribution < 1.29 is 32.2 Å². The maximum Gasteiger partial charge on any atom is 0.416 e. The van der Waals surface area contributed by atoms with E-state index >= 15 is 0 Å². The van der Waals surface area contributed by atoms with Crippen LogP contribution >= 0.6 is 11.8 Å². The quantitative estimate of drug-likeness (QED) is 0.515. The summed E-state index contributed by atoms with van der Waals surface area (Å²) in [4.78, 5) is 25.5. The number of halogens is 3. The molecule has 1 aliphatic heterocycles. The summed E-state index contributed by atoms with van der Waals surface area (Å²) in [5, 5.41) is 2.44. The van der Waals surface area contributed by atoms with Gasteiger partial charge in [-0.1, -0.05) is 6.92 Å². The topological polar surface area (TPSA) is 67.9 Å². The van der Waals surface area contributed by atoms with Gasteiger partial charge in [-0.3, -0.25) is 9.59 Å². The van der Waals surface area contributed by atoms with Crippen LogP contribution in [0, 0.1) is 0 Å². The third kappa shape index (κ3) is 6.90. The minimum atomic E-state index is -4.54. The lowest BCUT2D eigenvalue weighted by molar-refractivity contribution is -0.144. The number of anilines is 2. The highest BCUT2D eigenvalue weighted by Gasteiger charge is 2.32. The van der Waals surface area contributed by atoms with Crippen molar-refractivity contribution in [2.24, 2.45) is 0 Å². The summed E-state index contributed by atoms with van der Waals surface area (Å²) < 4.78 is 49.3. The number of morpholine rings is 1. The molecule has 0 spiro atoms. The Balaban J connectivity index is 2.06. The standard InChI is InChI=1S/C18H23F3N2O4S/c1-2-9-28-12-17(25)27-11-16(24)22-14-10-13(18(19,20)21)3-4-15(14)23-5-7-26-8-6-23/h3-4,10H,2,5-9,11-12H2,1H3,(H,22,24). The molecule has 0 aliphatic carbocycles. The van der Waals surface area contributed by atoms with Crippen LogP contribution in [0.4, 0.5) is 24.5 Å². The van der Waals surface area contributed by atoms with Crippen molar-refractivity contribution in [1.82, 2.24) is 0 Å². The van der Waals surface area contributed by atoms with E-state index in [1.807, 2.05) is 11.8 Å². The predicted molar refractivity (Wildman–Crippen MR) is 102 cm³/mol. The number of hydrogen-bond donors (Lipinski definition) is 1. The molecule has 28 heavy (non-hydrogen) atoms. The molecule has 156 valence electrons. The first-order valence-electron chi connectivity index (χ1n) is 8.88. The molecule has 1 saturated heterocycles. The van der Waals surface area contributed by atoms with E-state index < -0.39 is 30.2 Å². The molecule has 1 N–H and O–H groups in total. The minimum Gasteiger partial charge on any atom is -0.455 e. The van der Waals surface area contributed by atoms with Gasteiger partial charge in [-0.15, -0.1) is 0 Å². The molecule has 0 atom stereocenters. The number of rotatable bonds is 8. The first-order valence-corrected chi connectivity index (χ1v) is 10.0. The Morgan fingerprint density at radius 2 is 2.00 bits per heavy atom. The molecule has 1 heterocycles. The molecular weight excluding hydrogens is 397 g/mol. The second-order valence-electron chi connectivity index (χ2n) is 6.09. The van der Waals surface area contributed by atoms with E-state index in [1.54, 1.807) is 0 Å². The lowest BCUT2D eigenvalue weighted by Crippen LogP contribution is -2.37. The van der Waals surface area contributed by atoms with E-state index in [2.05, 4.69) is 5.32 Å². The number of ether oxygens (including phenoxy) is 2. The smallest absolute Gasteiger partial charge is 0.416 e. The average Bonchev–Trinajstić information content (AvgIpc) is 2.66. The Morgan fingerprint density at radius 3 is 2.64 bits per heavy atom. The molecule has 1 aromatic rings. The largest absolute Gasteiger partial charge is 0.455 e. The van der Waals surface area contributed by atoms with E-state index in [0.717, 1.165) is 24.3 Å². The van der Waals surface area contributed by atoms with Crippen molar-refractivity contribution in [2.45, 2.75) is 19.5 Å². The number of nitrogens with zero attached hydrogens (tertiary/aromatic N) is 1. The summed E-state index contributed by atoms with van der Waals surface area (Å²) in [6, 6.07) is 3.20. The van der Waals surface area contributed by atoms with Crippen molar-refractivity contribution in [1.29, 1.82) is 0 Å². The fourth-order valence-corrected chi connectivity index (χ4v) is 3.25. The van der Waals surface area contributed by atoms with Crippen molar-refractivity contribution >= 4 is 35.0 Å². The van der Waals surface area contributed by atoms with Gasteiger partial charge in [0.2, 0.25) is 0 Å². The monoisotopic (exact) mass is 420 g/mol. The van der Waals surface area contributed by atoms with Crippen LogP contribution in [0.2, 0.25) is 0 Å².